The average Bonchev–Trinajstić information content (AvgIpc) is 2.83. The van der Waals surface area contributed by atoms with Crippen LogP contribution in [0.5, 0.6) is 0 Å². The van der Waals surface area contributed by atoms with Gasteiger partial charge in [0.25, 0.3) is 10.0 Å². The molecule has 108 valence electrons. The number of thiophene rings is 1. The van der Waals surface area contributed by atoms with E-state index < -0.39 is 15.8 Å². The Bertz CT molecular complexity index is 716. The van der Waals surface area contributed by atoms with Crippen LogP contribution in [-0.4, -0.2) is 15.5 Å². The Morgan fingerprint density at radius 2 is 2.05 bits per heavy atom. The van der Waals surface area contributed by atoms with Crippen molar-refractivity contribution < 1.29 is 12.8 Å². The first-order chi connectivity index (χ1) is 9.42. The molecule has 0 spiro atoms. The largest absolute Gasteiger partial charge is 0.315 e. The molecule has 2 rings (SSSR count). The van der Waals surface area contributed by atoms with Crippen molar-refractivity contribution in [2.24, 2.45) is 0 Å². The molecule has 0 fully saturated rings. The molecule has 0 radical (unpaired) electrons. The summed E-state index contributed by atoms with van der Waals surface area (Å²) in [5.41, 5.74) is 0.0234. The van der Waals surface area contributed by atoms with E-state index in [4.69, 9.17) is 11.6 Å². The van der Waals surface area contributed by atoms with Crippen molar-refractivity contribution in [3.05, 3.63) is 46.0 Å². The fourth-order valence-electron chi connectivity index (χ4n) is 1.54. The Hall–Kier alpha value is -1.15. The molecule has 2 N–H and O–H groups in total. The quantitative estimate of drug-likeness (QED) is 0.883. The Labute approximate surface area is 125 Å². The van der Waals surface area contributed by atoms with Gasteiger partial charge in [0.1, 0.15) is 10.0 Å². The van der Waals surface area contributed by atoms with Crippen molar-refractivity contribution in [1.82, 2.24) is 5.32 Å². The number of rotatable bonds is 5. The van der Waals surface area contributed by atoms with E-state index in [9.17, 15) is 12.8 Å². The van der Waals surface area contributed by atoms with E-state index in [-0.39, 0.29) is 14.9 Å². The first-order valence-electron chi connectivity index (χ1n) is 5.63. The third-order valence-corrected chi connectivity index (χ3v) is 5.70. The SMILES string of the molecule is CNCc1ccc(S(=O)(=O)Nc2cc(F)ccc2Cl)s1. The zero-order valence-electron chi connectivity index (χ0n) is 10.5. The molecule has 20 heavy (non-hydrogen) atoms. The van der Waals surface area contributed by atoms with E-state index in [1.165, 1.54) is 12.1 Å². The normalized spacial score (nSPS) is 11.6. The molecule has 2 aromatic rings. The molecule has 8 heteroatoms. The summed E-state index contributed by atoms with van der Waals surface area (Å²) in [7, 11) is -1.98. The molecule has 4 nitrogen and oxygen atoms in total. The fourth-order valence-corrected chi connectivity index (χ4v) is 4.20. The van der Waals surface area contributed by atoms with Crippen molar-refractivity contribution >= 4 is 38.6 Å². The Morgan fingerprint density at radius 1 is 1.30 bits per heavy atom. The van der Waals surface area contributed by atoms with E-state index in [0.717, 1.165) is 28.3 Å². The molecule has 0 atom stereocenters. The summed E-state index contributed by atoms with van der Waals surface area (Å²) in [4.78, 5) is 0.887. The predicted molar refractivity (Wildman–Crippen MR) is 79.3 cm³/mol. The average molecular weight is 335 g/mol. The van der Waals surface area contributed by atoms with Gasteiger partial charge in [0.05, 0.1) is 10.7 Å². The molecule has 0 unspecified atom stereocenters. The van der Waals surface area contributed by atoms with Crippen molar-refractivity contribution in [3.63, 3.8) is 0 Å². The summed E-state index contributed by atoms with van der Waals surface area (Å²) in [6.07, 6.45) is 0. The lowest BCUT2D eigenvalue weighted by Gasteiger charge is -2.08. The second kappa shape index (κ2) is 6.09. The van der Waals surface area contributed by atoms with Gasteiger partial charge in [0, 0.05) is 11.4 Å². The molecule has 0 saturated carbocycles. The van der Waals surface area contributed by atoms with Gasteiger partial charge in [-0.25, -0.2) is 12.8 Å². The van der Waals surface area contributed by atoms with Gasteiger partial charge in [-0.3, -0.25) is 4.72 Å². The molecule has 1 heterocycles. The fraction of sp³-hybridized carbons (Fsp3) is 0.167. The third kappa shape index (κ3) is 3.49. The van der Waals surface area contributed by atoms with Gasteiger partial charge in [-0.1, -0.05) is 11.6 Å². The summed E-state index contributed by atoms with van der Waals surface area (Å²) in [5, 5.41) is 3.08. The molecule has 0 aliphatic rings. The second-order valence-electron chi connectivity index (χ2n) is 3.98. The van der Waals surface area contributed by atoms with Gasteiger partial charge >= 0.3 is 0 Å². The summed E-state index contributed by atoms with van der Waals surface area (Å²) in [6.45, 7) is 0.584. The van der Waals surface area contributed by atoms with Crippen LogP contribution in [0.1, 0.15) is 4.88 Å². The Morgan fingerprint density at radius 3 is 2.75 bits per heavy atom. The van der Waals surface area contributed by atoms with Crippen LogP contribution in [-0.2, 0) is 16.6 Å². The Balaban J connectivity index is 2.28. The maximum atomic E-state index is 13.1. The van der Waals surface area contributed by atoms with E-state index >= 15 is 0 Å². The highest BCUT2D eigenvalue weighted by Gasteiger charge is 2.18. The van der Waals surface area contributed by atoms with E-state index in [0.29, 0.717) is 6.54 Å². The van der Waals surface area contributed by atoms with Gasteiger partial charge in [-0.15, -0.1) is 11.3 Å². The highest BCUT2D eigenvalue weighted by molar-refractivity contribution is 7.94. The lowest BCUT2D eigenvalue weighted by Crippen LogP contribution is -2.12. The van der Waals surface area contributed by atoms with Crippen molar-refractivity contribution in [2.45, 2.75) is 10.8 Å². The van der Waals surface area contributed by atoms with Crippen LogP contribution >= 0.6 is 22.9 Å². The number of benzene rings is 1. The van der Waals surface area contributed by atoms with Gasteiger partial charge < -0.3 is 5.32 Å². The van der Waals surface area contributed by atoms with Crippen molar-refractivity contribution in [3.8, 4) is 0 Å². The maximum Gasteiger partial charge on any atom is 0.271 e. The first-order valence-corrected chi connectivity index (χ1v) is 8.31. The minimum Gasteiger partial charge on any atom is -0.315 e. The summed E-state index contributed by atoms with van der Waals surface area (Å²) < 4.78 is 39.9. The number of hydrogen-bond donors (Lipinski definition) is 2. The molecular weight excluding hydrogens is 323 g/mol. The molecular formula is C12H12ClFN2O2S2. The molecule has 0 saturated heterocycles. The highest BCUT2D eigenvalue weighted by atomic mass is 35.5. The van der Waals surface area contributed by atoms with Crippen LogP contribution < -0.4 is 10.0 Å². The minimum atomic E-state index is -3.76. The summed E-state index contributed by atoms with van der Waals surface area (Å²) in [6, 6.07) is 6.74. The molecule has 0 aliphatic carbocycles. The van der Waals surface area contributed by atoms with Crippen LogP contribution in [0.3, 0.4) is 0 Å². The predicted octanol–water partition coefficient (Wildman–Crippen LogP) is 3.06. The second-order valence-corrected chi connectivity index (χ2v) is 7.47. The smallest absolute Gasteiger partial charge is 0.271 e. The molecule has 0 bridgehead atoms. The lowest BCUT2D eigenvalue weighted by atomic mass is 10.3. The summed E-state index contributed by atoms with van der Waals surface area (Å²) in [5.74, 6) is -0.561. The lowest BCUT2D eigenvalue weighted by molar-refractivity contribution is 0.603. The summed E-state index contributed by atoms with van der Waals surface area (Å²) >= 11 is 6.99. The Kier molecular flexibility index (Phi) is 4.64. The molecule has 1 aromatic heterocycles. The molecule has 1 aromatic carbocycles. The maximum absolute atomic E-state index is 13.1. The molecule has 0 aliphatic heterocycles. The van der Waals surface area contributed by atoms with E-state index in [1.807, 2.05) is 0 Å². The van der Waals surface area contributed by atoms with E-state index in [1.54, 1.807) is 13.1 Å². The van der Waals surface area contributed by atoms with Gasteiger partial charge in [0.2, 0.25) is 0 Å². The zero-order valence-corrected chi connectivity index (χ0v) is 12.9. The van der Waals surface area contributed by atoms with Gasteiger partial charge in [0.15, 0.2) is 0 Å². The topological polar surface area (TPSA) is 58.2 Å². The number of hydrogen-bond acceptors (Lipinski definition) is 4. The monoisotopic (exact) mass is 334 g/mol. The van der Waals surface area contributed by atoms with E-state index in [2.05, 4.69) is 10.0 Å². The number of anilines is 1. The van der Waals surface area contributed by atoms with Crippen LogP contribution in [0.25, 0.3) is 0 Å². The highest BCUT2D eigenvalue weighted by Crippen LogP contribution is 2.28. The molecule has 0 amide bonds. The van der Waals surface area contributed by atoms with Gasteiger partial charge in [-0.2, -0.15) is 0 Å². The first kappa shape index (κ1) is 15.2. The number of nitrogens with one attached hydrogen (secondary N) is 2. The standard InChI is InChI=1S/C12H12ClFN2O2S2/c1-15-7-9-3-5-12(19-9)20(17,18)16-11-6-8(14)2-4-10(11)13/h2-6,15-16H,7H2,1H3. The minimum absolute atomic E-state index is 0.0234. The van der Waals surface area contributed by atoms with Crippen LogP contribution in [0.4, 0.5) is 10.1 Å². The van der Waals surface area contributed by atoms with Gasteiger partial charge in [-0.05, 0) is 37.4 Å². The zero-order chi connectivity index (χ0) is 14.8. The van der Waals surface area contributed by atoms with Crippen molar-refractivity contribution in [2.75, 3.05) is 11.8 Å². The third-order valence-electron chi connectivity index (χ3n) is 2.43. The van der Waals surface area contributed by atoms with Crippen LogP contribution in [0, 0.1) is 5.82 Å². The number of sulfonamides is 1. The van der Waals surface area contributed by atoms with Crippen LogP contribution in [0.15, 0.2) is 34.5 Å². The number of halogens is 2. The van der Waals surface area contributed by atoms with Crippen molar-refractivity contribution in [1.29, 1.82) is 0 Å². The van der Waals surface area contributed by atoms with Crippen LogP contribution in [0.2, 0.25) is 5.02 Å².